The van der Waals surface area contributed by atoms with Crippen LogP contribution in [-0.4, -0.2) is 24.5 Å². The number of nitrogens with one attached hydrogen (secondary N) is 1. The van der Waals surface area contributed by atoms with Crippen LogP contribution in [0.5, 0.6) is 5.75 Å². The molecule has 0 spiro atoms. The van der Waals surface area contributed by atoms with Crippen molar-refractivity contribution in [3.63, 3.8) is 0 Å². The minimum Gasteiger partial charge on any atom is -0.497 e. The van der Waals surface area contributed by atoms with Crippen LogP contribution in [0.2, 0.25) is 0 Å². The molecule has 0 aliphatic heterocycles. The number of nitrogens with two attached hydrogens (primary N) is 1. The van der Waals surface area contributed by atoms with Gasteiger partial charge in [0.2, 0.25) is 5.91 Å². The van der Waals surface area contributed by atoms with Crippen molar-refractivity contribution in [2.45, 2.75) is 26.2 Å². The number of nitrogens with zero attached hydrogens (tertiary/aromatic N) is 1. The molecule has 0 unspecified atom stereocenters. The lowest BCUT2D eigenvalue weighted by Gasteiger charge is -2.16. The Kier molecular flexibility index (Phi) is 5.16. The molecule has 1 aliphatic rings. The fraction of sp³-hybridized carbons (Fsp3) is 0.444. The summed E-state index contributed by atoms with van der Waals surface area (Å²) >= 11 is 1.51. The molecular weight excluding hydrogens is 322 g/mol. The van der Waals surface area contributed by atoms with Crippen molar-refractivity contribution >= 4 is 22.4 Å². The smallest absolute Gasteiger partial charge is 0.229 e. The number of amides is 1. The van der Waals surface area contributed by atoms with Crippen molar-refractivity contribution in [2.75, 3.05) is 19.0 Å². The van der Waals surface area contributed by atoms with Gasteiger partial charge in [-0.3, -0.25) is 4.79 Å². The number of carbonyl (C=O) groups is 1. The Morgan fingerprint density at radius 3 is 2.79 bits per heavy atom. The van der Waals surface area contributed by atoms with Crippen molar-refractivity contribution in [3.8, 4) is 17.0 Å². The van der Waals surface area contributed by atoms with Crippen LogP contribution >= 0.6 is 11.3 Å². The van der Waals surface area contributed by atoms with Crippen molar-refractivity contribution in [1.82, 2.24) is 4.98 Å². The molecule has 2 aromatic rings. The molecule has 2 atom stereocenters. The fourth-order valence-corrected chi connectivity index (χ4v) is 4.17. The first kappa shape index (κ1) is 16.9. The van der Waals surface area contributed by atoms with Gasteiger partial charge in [0.25, 0.3) is 0 Å². The molecule has 0 saturated heterocycles. The Bertz CT molecular complexity index is 712. The number of benzene rings is 1. The van der Waals surface area contributed by atoms with Gasteiger partial charge < -0.3 is 15.8 Å². The van der Waals surface area contributed by atoms with Gasteiger partial charge in [-0.2, -0.15) is 0 Å². The summed E-state index contributed by atoms with van der Waals surface area (Å²) in [5.41, 5.74) is 7.70. The summed E-state index contributed by atoms with van der Waals surface area (Å²) in [5.74, 6) is 1.18. The van der Waals surface area contributed by atoms with Gasteiger partial charge in [0.1, 0.15) is 5.75 Å². The van der Waals surface area contributed by atoms with E-state index in [1.165, 1.54) is 11.3 Å². The maximum Gasteiger partial charge on any atom is 0.229 e. The first-order chi connectivity index (χ1) is 11.6. The number of hydrogen-bond acceptors (Lipinski definition) is 5. The molecule has 1 amide bonds. The Morgan fingerprint density at radius 2 is 2.12 bits per heavy atom. The Morgan fingerprint density at radius 1 is 1.38 bits per heavy atom. The summed E-state index contributed by atoms with van der Waals surface area (Å²) in [6.07, 6.45) is 3.04. The number of ether oxygens (including phenoxy) is 1. The second kappa shape index (κ2) is 7.32. The number of thiazole rings is 1. The molecular formula is C18H23N3O2S. The van der Waals surface area contributed by atoms with Gasteiger partial charge in [0, 0.05) is 16.4 Å². The van der Waals surface area contributed by atoms with Crippen LogP contribution in [0.25, 0.3) is 11.3 Å². The van der Waals surface area contributed by atoms with Crippen LogP contribution in [0.1, 0.15) is 24.1 Å². The minimum atomic E-state index is 0.0173. The number of rotatable bonds is 5. The molecule has 1 aliphatic carbocycles. The van der Waals surface area contributed by atoms with Crippen LogP contribution in [0, 0.1) is 18.8 Å². The number of methoxy groups -OCH3 is 1. The molecule has 3 N–H and O–H groups in total. The van der Waals surface area contributed by atoms with E-state index in [2.05, 4.69) is 10.3 Å². The van der Waals surface area contributed by atoms with Crippen molar-refractivity contribution in [3.05, 3.63) is 29.1 Å². The first-order valence-electron chi connectivity index (χ1n) is 8.25. The van der Waals surface area contributed by atoms with Crippen molar-refractivity contribution < 1.29 is 9.53 Å². The third-order valence-electron chi connectivity index (χ3n) is 4.69. The topological polar surface area (TPSA) is 77.2 Å². The molecule has 5 nitrogen and oxygen atoms in total. The summed E-state index contributed by atoms with van der Waals surface area (Å²) in [7, 11) is 1.65. The lowest BCUT2D eigenvalue weighted by atomic mass is 9.95. The van der Waals surface area contributed by atoms with E-state index in [0.29, 0.717) is 17.6 Å². The molecule has 1 heterocycles. The van der Waals surface area contributed by atoms with E-state index in [0.717, 1.165) is 41.1 Å². The number of hydrogen-bond donors (Lipinski definition) is 2. The van der Waals surface area contributed by atoms with Crippen LogP contribution in [0.3, 0.4) is 0 Å². The zero-order valence-corrected chi connectivity index (χ0v) is 14.9. The average molecular weight is 345 g/mol. The molecule has 1 saturated carbocycles. The Hall–Kier alpha value is -1.92. The molecule has 128 valence electrons. The molecule has 0 bridgehead atoms. The van der Waals surface area contributed by atoms with E-state index in [4.69, 9.17) is 10.5 Å². The predicted octanol–water partition coefficient (Wildman–Crippen LogP) is 3.44. The maximum atomic E-state index is 12.5. The maximum absolute atomic E-state index is 12.5. The third-order valence-corrected chi connectivity index (χ3v) is 5.58. The fourth-order valence-electron chi connectivity index (χ4n) is 3.33. The van der Waals surface area contributed by atoms with Crippen LogP contribution < -0.4 is 15.8 Å². The minimum absolute atomic E-state index is 0.0173. The highest BCUT2D eigenvalue weighted by atomic mass is 32.1. The molecule has 0 radical (unpaired) electrons. The van der Waals surface area contributed by atoms with E-state index in [1.807, 2.05) is 31.2 Å². The summed E-state index contributed by atoms with van der Waals surface area (Å²) < 4.78 is 5.19. The van der Waals surface area contributed by atoms with Crippen LogP contribution in [0.4, 0.5) is 5.13 Å². The molecule has 1 fully saturated rings. The van der Waals surface area contributed by atoms with E-state index < -0.39 is 0 Å². The summed E-state index contributed by atoms with van der Waals surface area (Å²) in [4.78, 5) is 18.2. The normalized spacial score (nSPS) is 20.1. The van der Waals surface area contributed by atoms with Crippen LogP contribution in [0.15, 0.2) is 24.3 Å². The lowest BCUT2D eigenvalue weighted by Crippen LogP contribution is -2.29. The van der Waals surface area contributed by atoms with Gasteiger partial charge in [0.15, 0.2) is 5.13 Å². The first-order valence-corrected chi connectivity index (χ1v) is 9.06. The monoisotopic (exact) mass is 345 g/mol. The molecule has 3 rings (SSSR count). The highest BCUT2D eigenvalue weighted by molar-refractivity contribution is 7.16. The van der Waals surface area contributed by atoms with Gasteiger partial charge in [-0.05, 0) is 56.5 Å². The Balaban J connectivity index is 1.75. The standard InChI is InChI=1S/C18H23N3O2S/c1-11-16(12-6-8-14(23-2)9-7-12)20-18(24-11)21-17(22)15-5-3-4-13(15)10-19/h6-9,13,15H,3-5,10,19H2,1-2H3,(H,20,21,22)/t13-,15-/m1/s1. The van der Waals surface area contributed by atoms with Gasteiger partial charge in [-0.15, -0.1) is 11.3 Å². The van der Waals surface area contributed by atoms with Crippen molar-refractivity contribution in [1.29, 1.82) is 0 Å². The lowest BCUT2D eigenvalue weighted by molar-refractivity contribution is -0.120. The van der Waals surface area contributed by atoms with Gasteiger partial charge in [-0.25, -0.2) is 4.98 Å². The van der Waals surface area contributed by atoms with Gasteiger partial charge in [-0.1, -0.05) is 6.42 Å². The van der Waals surface area contributed by atoms with Crippen LogP contribution in [-0.2, 0) is 4.79 Å². The average Bonchev–Trinajstić information content (AvgIpc) is 3.21. The van der Waals surface area contributed by atoms with E-state index in [1.54, 1.807) is 7.11 Å². The van der Waals surface area contributed by atoms with Gasteiger partial charge in [0.05, 0.1) is 12.8 Å². The van der Waals surface area contributed by atoms with E-state index in [-0.39, 0.29) is 11.8 Å². The largest absolute Gasteiger partial charge is 0.497 e. The Labute approximate surface area is 146 Å². The van der Waals surface area contributed by atoms with Gasteiger partial charge >= 0.3 is 0 Å². The number of anilines is 1. The SMILES string of the molecule is COc1ccc(-c2nc(NC(=O)[C@@H]3CCC[C@@H]3CN)sc2C)cc1. The summed E-state index contributed by atoms with van der Waals surface area (Å²) in [6, 6.07) is 7.79. The second-order valence-electron chi connectivity index (χ2n) is 6.17. The molecule has 1 aromatic carbocycles. The zero-order valence-electron chi connectivity index (χ0n) is 14.0. The number of aryl methyl sites for hydroxylation is 1. The predicted molar refractivity (Wildman–Crippen MR) is 97.4 cm³/mol. The highest BCUT2D eigenvalue weighted by Gasteiger charge is 2.32. The summed E-state index contributed by atoms with van der Waals surface area (Å²) in [6.45, 7) is 2.59. The second-order valence-corrected chi connectivity index (χ2v) is 7.38. The zero-order chi connectivity index (χ0) is 17.1. The molecule has 24 heavy (non-hydrogen) atoms. The highest BCUT2D eigenvalue weighted by Crippen LogP contribution is 2.34. The number of carbonyl (C=O) groups excluding carboxylic acids is 1. The number of aromatic nitrogens is 1. The summed E-state index contributed by atoms with van der Waals surface area (Å²) in [5, 5.41) is 3.65. The third kappa shape index (κ3) is 3.44. The van der Waals surface area contributed by atoms with E-state index in [9.17, 15) is 4.79 Å². The molecule has 6 heteroatoms. The quantitative estimate of drug-likeness (QED) is 0.870. The van der Waals surface area contributed by atoms with E-state index >= 15 is 0 Å². The van der Waals surface area contributed by atoms with Crippen molar-refractivity contribution in [2.24, 2.45) is 17.6 Å². The molecule has 1 aromatic heterocycles.